The highest BCUT2D eigenvalue weighted by atomic mass is 32.2. The number of aryl methyl sites for hydroxylation is 1. The van der Waals surface area contributed by atoms with Gasteiger partial charge in [0.2, 0.25) is 5.91 Å². The molecule has 1 aromatic rings. The van der Waals surface area contributed by atoms with Gasteiger partial charge in [0, 0.05) is 36.1 Å². The molecule has 27 heavy (non-hydrogen) atoms. The van der Waals surface area contributed by atoms with Gasteiger partial charge in [0.15, 0.2) is 5.16 Å². The standard InChI is InChI=1S/C21H31N3O2S/c1-15-12-22-21-23(19(15)25)13-16(14-27-21)20(26)24(17-8-4-2-5-9-17)18-10-6-3-7-11-18/h12,16-18H,2-11,13-14H2,1H3. The van der Waals surface area contributed by atoms with E-state index in [4.69, 9.17) is 0 Å². The lowest BCUT2D eigenvalue weighted by Gasteiger charge is -2.43. The van der Waals surface area contributed by atoms with Crippen LogP contribution in [0.3, 0.4) is 0 Å². The molecule has 1 aromatic heterocycles. The van der Waals surface area contributed by atoms with Crippen LogP contribution in [0.2, 0.25) is 0 Å². The molecule has 3 aliphatic rings. The lowest BCUT2D eigenvalue weighted by Crippen LogP contribution is -2.52. The van der Waals surface area contributed by atoms with E-state index in [1.807, 2.05) is 0 Å². The zero-order valence-corrected chi connectivity index (χ0v) is 17.2. The summed E-state index contributed by atoms with van der Waals surface area (Å²) in [5.41, 5.74) is 0.663. The summed E-state index contributed by atoms with van der Waals surface area (Å²) >= 11 is 1.56. The summed E-state index contributed by atoms with van der Waals surface area (Å²) in [5, 5.41) is 0.761. The van der Waals surface area contributed by atoms with Crippen LogP contribution in [0.15, 0.2) is 16.1 Å². The van der Waals surface area contributed by atoms with E-state index in [1.54, 1.807) is 29.4 Å². The minimum absolute atomic E-state index is 0.00637. The van der Waals surface area contributed by atoms with Crippen molar-refractivity contribution in [2.24, 2.45) is 5.92 Å². The smallest absolute Gasteiger partial charge is 0.257 e. The van der Waals surface area contributed by atoms with E-state index < -0.39 is 0 Å². The van der Waals surface area contributed by atoms with Crippen LogP contribution in [0.5, 0.6) is 0 Å². The molecule has 5 nitrogen and oxygen atoms in total. The molecular weight excluding hydrogens is 358 g/mol. The van der Waals surface area contributed by atoms with Crippen molar-refractivity contribution in [3.05, 3.63) is 22.1 Å². The van der Waals surface area contributed by atoms with Crippen LogP contribution in [0, 0.1) is 12.8 Å². The Morgan fingerprint density at radius 1 is 1.07 bits per heavy atom. The van der Waals surface area contributed by atoms with Crippen LogP contribution in [0.1, 0.15) is 69.8 Å². The van der Waals surface area contributed by atoms with Crippen molar-refractivity contribution in [2.75, 3.05) is 5.75 Å². The molecule has 0 N–H and O–H groups in total. The highest BCUT2D eigenvalue weighted by Crippen LogP contribution is 2.34. The Morgan fingerprint density at radius 3 is 2.26 bits per heavy atom. The van der Waals surface area contributed by atoms with Crippen LogP contribution >= 0.6 is 11.8 Å². The Morgan fingerprint density at radius 2 is 1.67 bits per heavy atom. The molecule has 6 heteroatoms. The molecular formula is C21H31N3O2S. The Balaban J connectivity index is 1.57. The molecule has 148 valence electrons. The van der Waals surface area contributed by atoms with Crippen molar-refractivity contribution in [3.8, 4) is 0 Å². The average Bonchev–Trinajstić information content (AvgIpc) is 2.72. The van der Waals surface area contributed by atoms with Gasteiger partial charge in [0.1, 0.15) is 0 Å². The van der Waals surface area contributed by atoms with Crippen molar-refractivity contribution >= 4 is 17.7 Å². The molecule has 1 aliphatic heterocycles. The van der Waals surface area contributed by atoms with Gasteiger partial charge in [-0.3, -0.25) is 14.2 Å². The van der Waals surface area contributed by atoms with Crippen LogP contribution in [0.4, 0.5) is 0 Å². The quantitative estimate of drug-likeness (QED) is 0.739. The minimum atomic E-state index is -0.104. The van der Waals surface area contributed by atoms with Crippen LogP contribution < -0.4 is 5.56 Å². The Hall–Kier alpha value is -1.30. The fraction of sp³-hybridized carbons (Fsp3) is 0.762. The number of hydrogen-bond acceptors (Lipinski definition) is 4. The van der Waals surface area contributed by atoms with Crippen LogP contribution in [-0.2, 0) is 11.3 Å². The lowest BCUT2D eigenvalue weighted by atomic mass is 9.87. The number of amides is 1. The summed E-state index contributed by atoms with van der Waals surface area (Å²) in [4.78, 5) is 32.9. The van der Waals surface area contributed by atoms with Gasteiger partial charge in [0.05, 0.1) is 5.92 Å². The number of carbonyl (C=O) groups excluding carboxylic acids is 1. The zero-order valence-electron chi connectivity index (χ0n) is 16.4. The summed E-state index contributed by atoms with van der Waals surface area (Å²) in [6.07, 6.45) is 13.8. The largest absolute Gasteiger partial charge is 0.336 e. The number of aromatic nitrogens is 2. The van der Waals surface area contributed by atoms with Gasteiger partial charge in [0.25, 0.3) is 5.56 Å². The molecule has 1 atom stereocenters. The predicted octanol–water partition coefficient (Wildman–Crippen LogP) is 3.77. The molecule has 1 unspecified atom stereocenters. The Labute approximate surface area is 165 Å². The van der Waals surface area contributed by atoms with E-state index in [0.717, 1.165) is 36.6 Å². The second kappa shape index (κ2) is 8.38. The molecule has 0 radical (unpaired) electrons. The van der Waals surface area contributed by atoms with Crippen LogP contribution in [0.25, 0.3) is 0 Å². The van der Waals surface area contributed by atoms with Crippen molar-refractivity contribution < 1.29 is 4.79 Å². The van der Waals surface area contributed by atoms with E-state index in [0.29, 0.717) is 30.1 Å². The Bertz CT molecular complexity index is 717. The topological polar surface area (TPSA) is 55.2 Å². The van der Waals surface area contributed by atoms with E-state index in [-0.39, 0.29) is 11.5 Å². The van der Waals surface area contributed by atoms with Crippen molar-refractivity contribution in [1.82, 2.24) is 14.5 Å². The maximum Gasteiger partial charge on any atom is 0.257 e. The van der Waals surface area contributed by atoms with Gasteiger partial charge in [-0.05, 0) is 32.6 Å². The second-order valence-electron chi connectivity index (χ2n) is 8.48. The SMILES string of the molecule is Cc1cnc2n(c1=O)CC(C(=O)N(C1CCCCC1)C1CCCCC1)CS2. The Kier molecular flexibility index (Phi) is 5.90. The first-order valence-corrected chi connectivity index (χ1v) is 11.6. The van der Waals surface area contributed by atoms with Gasteiger partial charge >= 0.3 is 0 Å². The van der Waals surface area contributed by atoms with Crippen LogP contribution in [-0.4, -0.2) is 38.2 Å². The fourth-order valence-electron chi connectivity index (χ4n) is 5.04. The molecule has 1 amide bonds. The maximum absolute atomic E-state index is 13.7. The van der Waals surface area contributed by atoms with Crippen molar-refractivity contribution in [1.29, 1.82) is 0 Å². The van der Waals surface area contributed by atoms with Gasteiger partial charge in [-0.15, -0.1) is 0 Å². The van der Waals surface area contributed by atoms with Crippen molar-refractivity contribution in [2.45, 2.75) is 94.9 Å². The van der Waals surface area contributed by atoms with E-state index >= 15 is 0 Å². The van der Waals surface area contributed by atoms with E-state index in [1.165, 1.54) is 38.5 Å². The fourth-order valence-corrected chi connectivity index (χ4v) is 6.08. The van der Waals surface area contributed by atoms with Gasteiger partial charge in [-0.2, -0.15) is 0 Å². The number of nitrogens with zero attached hydrogens (tertiary/aromatic N) is 3. The highest BCUT2D eigenvalue weighted by molar-refractivity contribution is 7.99. The summed E-state index contributed by atoms with van der Waals surface area (Å²) in [5.74, 6) is 0.928. The normalized spacial score (nSPS) is 24.4. The second-order valence-corrected chi connectivity index (χ2v) is 9.46. The third kappa shape index (κ3) is 3.96. The van der Waals surface area contributed by atoms with Gasteiger partial charge in [-0.25, -0.2) is 4.98 Å². The number of carbonyl (C=O) groups is 1. The number of hydrogen-bond donors (Lipinski definition) is 0. The first-order valence-electron chi connectivity index (χ1n) is 10.7. The molecule has 0 spiro atoms. The third-order valence-electron chi connectivity index (χ3n) is 6.54. The summed E-state index contributed by atoms with van der Waals surface area (Å²) < 4.78 is 1.73. The van der Waals surface area contributed by atoms with Gasteiger partial charge in [-0.1, -0.05) is 50.3 Å². The summed E-state index contributed by atoms with van der Waals surface area (Å²) in [7, 11) is 0. The maximum atomic E-state index is 13.7. The average molecular weight is 390 g/mol. The zero-order chi connectivity index (χ0) is 18.8. The van der Waals surface area contributed by atoms with E-state index in [9.17, 15) is 9.59 Å². The number of thioether (sulfide) groups is 1. The lowest BCUT2D eigenvalue weighted by molar-refractivity contribution is -0.142. The predicted molar refractivity (Wildman–Crippen MR) is 108 cm³/mol. The van der Waals surface area contributed by atoms with Crippen molar-refractivity contribution in [3.63, 3.8) is 0 Å². The monoisotopic (exact) mass is 389 g/mol. The first-order chi connectivity index (χ1) is 13.1. The molecule has 0 bridgehead atoms. The summed E-state index contributed by atoms with van der Waals surface area (Å²) in [6, 6.07) is 0.821. The van der Waals surface area contributed by atoms with Gasteiger partial charge < -0.3 is 4.90 Å². The molecule has 2 saturated carbocycles. The molecule has 0 aromatic carbocycles. The molecule has 2 fully saturated rings. The molecule has 2 aliphatic carbocycles. The molecule has 0 saturated heterocycles. The first kappa shape index (κ1) is 19.0. The molecule has 2 heterocycles. The highest BCUT2D eigenvalue weighted by Gasteiger charge is 2.37. The molecule has 4 rings (SSSR count). The van der Waals surface area contributed by atoms with E-state index in [2.05, 4.69) is 9.88 Å². The number of rotatable bonds is 3. The number of fused-ring (bicyclic) bond motifs is 1. The minimum Gasteiger partial charge on any atom is -0.336 e. The third-order valence-corrected chi connectivity index (χ3v) is 7.69. The summed E-state index contributed by atoms with van der Waals surface area (Å²) in [6.45, 7) is 2.29.